The molecule has 9 heteroatoms. The number of unbranched alkanes of at least 4 members (excludes halogenated alkanes) is 1. The van der Waals surface area contributed by atoms with Crippen molar-refractivity contribution in [3.05, 3.63) is 18.1 Å². The van der Waals surface area contributed by atoms with Gasteiger partial charge in [-0.1, -0.05) is 13.3 Å². The van der Waals surface area contributed by atoms with Gasteiger partial charge in [0, 0.05) is 24.9 Å². The summed E-state index contributed by atoms with van der Waals surface area (Å²) in [7, 11) is 1.55. The summed E-state index contributed by atoms with van der Waals surface area (Å²) in [4.78, 5) is 8.50. The maximum absolute atomic E-state index is 9.72. The molecule has 4 N–H and O–H groups in total. The fourth-order valence-electron chi connectivity index (χ4n) is 2.65. The number of nitrogens with one attached hydrogen (secondary N) is 1. The molecule has 0 saturated carbocycles. The number of methoxy groups -OCH3 is 1. The summed E-state index contributed by atoms with van der Waals surface area (Å²) in [5.74, 6) is 0.453. The fraction of sp³-hybridized carbons (Fsp3) is 0.647. The summed E-state index contributed by atoms with van der Waals surface area (Å²) >= 11 is 0. The highest BCUT2D eigenvalue weighted by atomic mass is 16.5. The minimum Gasteiger partial charge on any atom is -0.479 e. The molecule has 0 aliphatic carbocycles. The summed E-state index contributed by atoms with van der Waals surface area (Å²) in [6.07, 6.45) is 4.32. The maximum atomic E-state index is 9.72. The van der Waals surface area contributed by atoms with Gasteiger partial charge in [0.2, 0.25) is 5.88 Å². The van der Waals surface area contributed by atoms with Gasteiger partial charge < -0.3 is 34.7 Å². The van der Waals surface area contributed by atoms with E-state index in [0.717, 1.165) is 23.9 Å². The fourth-order valence-corrected chi connectivity index (χ4v) is 2.65. The van der Waals surface area contributed by atoms with Crippen LogP contribution in [-0.4, -0.2) is 68.9 Å². The highest BCUT2D eigenvalue weighted by Crippen LogP contribution is 2.26. The smallest absolute Gasteiger partial charge is 0.241 e. The average Bonchev–Trinajstić information content (AvgIpc) is 3.03. The zero-order valence-electron chi connectivity index (χ0n) is 15.3. The summed E-state index contributed by atoms with van der Waals surface area (Å²) in [5, 5.41) is 31.2. The van der Waals surface area contributed by atoms with Gasteiger partial charge in [0.15, 0.2) is 0 Å². The molecule has 0 aliphatic heterocycles. The number of aliphatic hydroxyl groups excluding tert-OH is 3. The SMILES string of the molecule is CCCCOCn1cc(CN[C@@H](CO)[C@H](O)CO)c2ncnc(OC)c21. The first-order chi connectivity index (χ1) is 12.7. The summed E-state index contributed by atoms with van der Waals surface area (Å²) in [5.41, 5.74) is 2.29. The van der Waals surface area contributed by atoms with E-state index in [1.165, 1.54) is 6.33 Å². The molecular formula is C17H28N4O5. The number of aliphatic hydroxyl groups is 3. The molecule has 0 bridgehead atoms. The van der Waals surface area contributed by atoms with Crippen LogP contribution in [-0.2, 0) is 18.0 Å². The van der Waals surface area contributed by atoms with Crippen LogP contribution in [0.2, 0.25) is 0 Å². The second-order valence-corrected chi connectivity index (χ2v) is 6.02. The molecule has 9 nitrogen and oxygen atoms in total. The Morgan fingerprint density at radius 1 is 1.27 bits per heavy atom. The molecule has 2 atom stereocenters. The maximum Gasteiger partial charge on any atom is 0.241 e. The third-order valence-electron chi connectivity index (χ3n) is 4.16. The van der Waals surface area contributed by atoms with Crippen molar-refractivity contribution in [1.29, 1.82) is 0 Å². The molecule has 0 amide bonds. The van der Waals surface area contributed by atoms with E-state index < -0.39 is 18.8 Å². The van der Waals surface area contributed by atoms with Crippen LogP contribution >= 0.6 is 0 Å². The Morgan fingerprint density at radius 2 is 2.08 bits per heavy atom. The largest absolute Gasteiger partial charge is 0.479 e. The molecular weight excluding hydrogens is 340 g/mol. The highest BCUT2D eigenvalue weighted by Gasteiger charge is 2.20. The van der Waals surface area contributed by atoms with Crippen LogP contribution in [0.15, 0.2) is 12.5 Å². The molecule has 2 aromatic rings. The first-order valence-electron chi connectivity index (χ1n) is 8.73. The van der Waals surface area contributed by atoms with Crippen molar-refractivity contribution in [2.45, 2.75) is 45.2 Å². The number of hydrogen-bond acceptors (Lipinski definition) is 8. The lowest BCUT2D eigenvalue weighted by Crippen LogP contribution is -2.44. The van der Waals surface area contributed by atoms with Crippen LogP contribution in [0.5, 0.6) is 5.88 Å². The van der Waals surface area contributed by atoms with Gasteiger partial charge in [-0.25, -0.2) is 4.98 Å². The van der Waals surface area contributed by atoms with Crippen molar-refractivity contribution in [1.82, 2.24) is 19.9 Å². The summed E-state index contributed by atoms with van der Waals surface area (Å²) in [6.45, 7) is 2.74. The number of rotatable bonds is 12. The Kier molecular flexibility index (Phi) is 8.20. The molecule has 0 saturated heterocycles. The number of ether oxygens (including phenoxy) is 2. The highest BCUT2D eigenvalue weighted by molar-refractivity contribution is 5.83. The Bertz CT molecular complexity index is 678. The Morgan fingerprint density at radius 3 is 2.73 bits per heavy atom. The minimum absolute atomic E-state index is 0.293. The van der Waals surface area contributed by atoms with E-state index in [-0.39, 0.29) is 6.61 Å². The number of hydrogen-bond donors (Lipinski definition) is 4. The molecule has 2 aromatic heterocycles. The van der Waals surface area contributed by atoms with Crippen LogP contribution < -0.4 is 10.1 Å². The van der Waals surface area contributed by atoms with Crippen molar-refractivity contribution in [3.8, 4) is 5.88 Å². The number of fused-ring (bicyclic) bond motifs is 1. The minimum atomic E-state index is -1.05. The predicted octanol–water partition coefficient (Wildman–Crippen LogP) is 0.0178. The van der Waals surface area contributed by atoms with Gasteiger partial charge in [0.1, 0.15) is 24.1 Å². The zero-order chi connectivity index (χ0) is 18.9. The molecule has 2 rings (SSSR count). The van der Waals surface area contributed by atoms with Gasteiger partial charge in [-0.3, -0.25) is 0 Å². The van der Waals surface area contributed by atoms with E-state index in [4.69, 9.17) is 14.6 Å². The van der Waals surface area contributed by atoms with Crippen LogP contribution in [0.1, 0.15) is 25.3 Å². The first-order valence-corrected chi connectivity index (χ1v) is 8.73. The molecule has 0 fully saturated rings. The second kappa shape index (κ2) is 10.4. The molecule has 0 aromatic carbocycles. The predicted molar refractivity (Wildman–Crippen MR) is 95.7 cm³/mol. The van der Waals surface area contributed by atoms with Crippen LogP contribution in [0.4, 0.5) is 0 Å². The van der Waals surface area contributed by atoms with Gasteiger partial charge in [0.05, 0.1) is 32.5 Å². The van der Waals surface area contributed by atoms with Crippen LogP contribution in [0, 0.1) is 0 Å². The van der Waals surface area contributed by atoms with Crippen molar-refractivity contribution >= 4 is 11.0 Å². The van der Waals surface area contributed by atoms with Gasteiger partial charge in [-0.05, 0) is 6.42 Å². The average molecular weight is 368 g/mol. The normalized spacial score (nSPS) is 13.9. The standard InChI is InChI=1S/C17H28N4O5/c1-3-4-5-26-11-21-7-12(6-18-13(8-22)14(24)9-23)15-16(21)17(25-2)20-10-19-15/h7,10,13-14,18,22-24H,3-6,8-9,11H2,1-2H3/t13-,14+/m0/s1. The Hall–Kier alpha value is -1.78. The van der Waals surface area contributed by atoms with Crippen molar-refractivity contribution in [2.24, 2.45) is 0 Å². The molecule has 26 heavy (non-hydrogen) atoms. The third kappa shape index (κ3) is 4.89. The van der Waals surface area contributed by atoms with E-state index in [1.54, 1.807) is 7.11 Å². The quantitative estimate of drug-likeness (QED) is 0.387. The van der Waals surface area contributed by atoms with Gasteiger partial charge >= 0.3 is 0 Å². The van der Waals surface area contributed by atoms with E-state index >= 15 is 0 Å². The van der Waals surface area contributed by atoms with E-state index in [0.29, 0.717) is 31.3 Å². The van der Waals surface area contributed by atoms with E-state index in [2.05, 4.69) is 22.2 Å². The number of aromatic nitrogens is 3. The Balaban J connectivity index is 2.23. The molecule has 2 heterocycles. The molecule has 0 radical (unpaired) electrons. The van der Waals surface area contributed by atoms with Crippen molar-refractivity contribution < 1.29 is 24.8 Å². The molecule has 0 aliphatic rings. The monoisotopic (exact) mass is 368 g/mol. The van der Waals surface area contributed by atoms with Crippen molar-refractivity contribution in [3.63, 3.8) is 0 Å². The first kappa shape index (κ1) is 20.5. The lowest BCUT2D eigenvalue weighted by molar-refractivity contribution is 0.0410. The van der Waals surface area contributed by atoms with E-state index in [9.17, 15) is 10.2 Å². The number of nitrogens with zero attached hydrogens (tertiary/aromatic N) is 3. The lowest BCUT2D eigenvalue weighted by Gasteiger charge is -2.20. The van der Waals surface area contributed by atoms with Crippen LogP contribution in [0.3, 0.4) is 0 Å². The van der Waals surface area contributed by atoms with Gasteiger partial charge in [-0.2, -0.15) is 4.98 Å². The molecule has 0 unspecified atom stereocenters. The molecule has 0 spiro atoms. The lowest BCUT2D eigenvalue weighted by atomic mass is 10.1. The van der Waals surface area contributed by atoms with Crippen molar-refractivity contribution in [2.75, 3.05) is 26.9 Å². The van der Waals surface area contributed by atoms with Crippen LogP contribution in [0.25, 0.3) is 11.0 Å². The van der Waals surface area contributed by atoms with Gasteiger partial charge in [0.25, 0.3) is 0 Å². The topological polar surface area (TPSA) is 122 Å². The third-order valence-corrected chi connectivity index (χ3v) is 4.16. The summed E-state index contributed by atoms with van der Waals surface area (Å²) < 4.78 is 12.9. The van der Waals surface area contributed by atoms with E-state index in [1.807, 2.05) is 10.8 Å². The Labute approximate surface area is 152 Å². The van der Waals surface area contributed by atoms with Gasteiger partial charge in [-0.15, -0.1) is 0 Å². The summed E-state index contributed by atoms with van der Waals surface area (Å²) in [6, 6.07) is -0.636. The second-order valence-electron chi connectivity index (χ2n) is 6.02. The zero-order valence-corrected chi connectivity index (χ0v) is 15.3. The molecule has 146 valence electrons.